The number of nitrogens with zero attached hydrogens (tertiary/aromatic N) is 3. The van der Waals surface area contributed by atoms with Crippen LogP contribution in [0.4, 0.5) is 13.6 Å². The lowest BCUT2D eigenvalue weighted by Gasteiger charge is -2.35. The summed E-state index contributed by atoms with van der Waals surface area (Å²) >= 11 is 0. The Balaban J connectivity index is 1.81. The van der Waals surface area contributed by atoms with Crippen molar-refractivity contribution in [1.29, 1.82) is 0 Å². The van der Waals surface area contributed by atoms with Crippen molar-refractivity contribution in [2.24, 2.45) is 0 Å². The van der Waals surface area contributed by atoms with Crippen molar-refractivity contribution in [2.45, 2.75) is 13.0 Å². The second-order valence-corrected chi connectivity index (χ2v) is 7.01. The van der Waals surface area contributed by atoms with Gasteiger partial charge in [0.1, 0.15) is 11.6 Å². The lowest BCUT2D eigenvalue weighted by atomic mass is 9.94. The number of urea groups is 1. The molecule has 1 aliphatic heterocycles. The fraction of sp³-hybridized carbons (Fsp3) is 0.227. The van der Waals surface area contributed by atoms with Gasteiger partial charge in [0.25, 0.3) is 5.89 Å². The fourth-order valence-electron chi connectivity index (χ4n) is 3.52. The molecule has 9 heteroatoms. The molecule has 0 saturated heterocycles. The van der Waals surface area contributed by atoms with Crippen molar-refractivity contribution >= 4 is 11.6 Å². The molecule has 1 aliphatic rings. The van der Waals surface area contributed by atoms with Crippen molar-refractivity contribution in [2.75, 3.05) is 20.3 Å². The SMILES string of the molecule is COCCN1C(=O)NC(c2cccc(F)c2)C(c2nc(-c3cccc(F)c3)no2)=C1C. The van der Waals surface area contributed by atoms with E-state index in [2.05, 4.69) is 15.5 Å². The molecule has 0 radical (unpaired) electrons. The molecule has 1 unspecified atom stereocenters. The monoisotopic (exact) mass is 426 g/mol. The summed E-state index contributed by atoms with van der Waals surface area (Å²) in [7, 11) is 1.54. The number of allylic oxidation sites excluding steroid dienone is 1. The van der Waals surface area contributed by atoms with Crippen LogP contribution in [0, 0.1) is 11.6 Å². The van der Waals surface area contributed by atoms with Crippen LogP contribution in [0.1, 0.15) is 24.4 Å². The van der Waals surface area contributed by atoms with Crippen LogP contribution in [-0.2, 0) is 4.74 Å². The summed E-state index contributed by atoms with van der Waals surface area (Å²) in [5, 5.41) is 6.85. The molecule has 2 amide bonds. The highest BCUT2D eigenvalue weighted by atomic mass is 19.1. The van der Waals surface area contributed by atoms with Crippen LogP contribution in [-0.4, -0.2) is 41.3 Å². The highest BCUT2D eigenvalue weighted by Gasteiger charge is 2.35. The Morgan fingerprint density at radius 3 is 2.61 bits per heavy atom. The van der Waals surface area contributed by atoms with Gasteiger partial charge in [0.15, 0.2) is 0 Å². The van der Waals surface area contributed by atoms with E-state index in [1.54, 1.807) is 38.3 Å². The molecule has 2 aromatic carbocycles. The number of hydrogen-bond donors (Lipinski definition) is 1. The third-order valence-corrected chi connectivity index (χ3v) is 5.04. The number of aromatic nitrogens is 2. The minimum absolute atomic E-state index is 0.147. The van der Waals surface area contributed by atoms with Crippen molar-refractivity contribution in [1.82, 2.24) is 20.4 Å². The minimum Gasteiger partial charge on any atom is -0.383 e. The van der Waals surface area contributed by atoms with Crippen LogP contribution >= 0.6 is 0 Å². The van der Waals surface area contributed by atoms with Crippen LogP contribution < -0.4 is 5.32 Å². The van der Waals surface area contributed by atoms with Crippen molar-refractivity contribution in [3.8, 4) is 11.4 Å². The first-order valence-corrected chi connectivity index (χ1v) is 9.61. The van der Waals surface area contributed by atoms with E-state index < -0.39 is 17.7 Å². The van der Waals surface area contributed by atoms with E-state index in [0.29, 0.717) is 35.5 Å². The van der Waals surface area contributed by atoms with Crippen LogP contribution in [0.5, 0.6) is 0 Å². The average molecular weight is 426 g/mol. The lowest BCUT2D eigenvalue weighted by molar-refractivity contribution is 0.158. The standard InChI is InChI=1S/C22H20F2N4O3/c1-13-18(21-26-20(27-31-21)15-6-4-8-17(24)12-15)19(14-5-3-7-16(23)11-14)25-22(29)28(13)9-10-30-2/h3-8,11-12,19H,9-10H2,1-2H3,(H,25,29). The molecule has 7 nitrogen and oxygen atoms in total. The van der Waals surface area contributed by atoms with Crippen LogP contribution in [0.15, 0.2) is 58.8 Å². The molecular weight excluding hydrogens is 406 g/mol. The second-order valence-electron chi connectivity index (χ2n) is 7.01. The molecule has 31 heavy (non-hydrogen) atoms. The Bertz CT molecular complexity index is 1150. The predicted molar refractivity (Wildman–Crippen MR) is 109 cm³/mol. The van der Waals surface area contributed by atoms with Gasteiger partial charge in [-0.2, -0.15) is 4.98 Å². The number of amides is 2. The van der Waals surface area contributed by atoms with Gasteiger partial charge in [0.2, 0.25) is 5.82 Å². The molecule has 3 aromatic rings. The van der Waals surface area contributed by atoms with Crippen LogP contribution in [0.3, 0.4) is 0 Å². The molecule has 1 atom stereocenters. The summed E-state index contributed by atoms with van der Waals surface area (Å²) in [6.45, 7) is 2.38. The maximum Gasteiger partial charge on any atom is 0.322 e. The third-order valence-electron chi connectivity index (χ3n) is 5.04. The average Bonchev–Trinajstić information content (AvgIpc) is 3.23. The van der Waals surface area contributed by atoms with Gasteiger partial charge >= 0.3 is 6.03 Å². The zero-order valence-corrected chi connectivity index (χ0v) is 16.9. The van der Waals surface area contributed by atoms with E-state index in [1.807, 2.05) is 0 Å². The van der Waals surface area contributed by atoms with Gasteiger partial charge in [-0.1, -0.05) is 29.4 Å². The Hall–Kier alpha value is -3.59. The smallest absolute Gasteiger partial charge is 0.322 e. The number of ether oxygens (including phenoxy) is 1. The molecule has 4 rings (SSSR count). The number of halogens is 2. The quantitative estimate of drug-likeness (QED) is 0.640. The van der Waals surface area contributed by atoms with Gasteiger partial charge < -0.3 is 14.6 Å². The molecule has 1 N–H and O–H groups in total. The molecule has 0 saturated carbocycles. The van der Waals surface area contributed by atoms with E-state index >= 15 is 0 Å². The highest BCUT2D eigenvalue weighted by molar-refractivity contribution is 5.86. The first-order chi connectivity index (χ1) is 15.0. The third kappa shape index (κ3) is 4.17. The van der Waals surface area contributed by atoms with Crippen molar-refractivity contribution in [3.05, 3.63) is 77.3 Å². The molecule has 1 aromatic heterocycles. The molecular formula is C22H20F2N4O3. The maximum atomic E-state index is 13.9. The first kappa shape index (κ1) is 20.7. The molecule has 0 bridgehead atoms. The Morgan fingerprint density at radius 2 is 1.90 bits per heavy atom. The Labute approximate surface area is 177 Å². The maximum absolute atomic E-state index is 13.9. The normalized spacial score (nSPS) is 16.6. The Morgan fingerprint density at radius 1 is 1.16 bits per heavy atom. The van der Waals surface area contributed by atoms with Gasteiger partial charge in [0.05, 0.1) is 24.8 Å². The van der Waals surface area contributed by atoms with E-state index in [1.165, 1.54) is 29.2 Å². The van der Waals surface area contributed by atoms with Gasteiger partial charge in [0, 0.05) is 18.4 Å². The molecule has 0 fully saturated rings. The topological polar surface area (TPSA) is 80.5 Å². The number of carbonyl (C=O) groups is 1. The largest absolute Gasteiger partial charge is 0.383 e. The predicted octanol–water partition coefficient (Wildman–Crippen LogP) is 4.16. The molecule has 2 heterocycles. The highest BCUT2D eigenvalue weighted by Crippen LogP contribution is 2.37. The van der Waals surface area contributed by atoms with E-state index in [4.69, 9.17) is 9.26 Å². The first-order valence-electron chi connectivity index (χ1n) is 9.61. The number of rotatable bonds is 6. The summed E-state index contributed by atoms with van der Waals surface area (Å²) in [6, 6.07) is 10.7. The summed E-state index contributed by atoms with van der Waals surface area (Å²) in [6.07, 6.45) is 0. The van der Waals surface area contributed by atoms with Gasteiger partial charge in [-0.15, -0.1) is 0 Å². The van der Waals surface area contributed by atoms with Gasteiger partial charge in [-0.05, 0) is 36.8 Å². The molecule has 0 aliphatic carbocycles. The lowest BCUT2D eigenvalue weighted by Crippen LogP contribution is -2.47. The Kier molecular flexibility index (Phi) is 5.77. The number of benzene rings is 2. The van der Waals surface area contributed by atoms with Crippen LogP contribution in [0.2, 0.25) is 0 Å². The van der Waals surface area contributed by atoms with Crippen molar-refractivity contribution in [3.63, 3.8) is 0 Å². The summed E-state index contributed by atoms with van der Waals surface area (Å²) in [5.74, 6) is -0.509. The summed E-state index contributed by atoms with van der Waals surface area (Å²) in [5.41, 5.74) is 2.08. The zero-order chi connectivity index (χ0) is 22.0. The molecule has 0 spiro atoms. The minimum atomic E-state index is -0.706. The fourth-order valence-corrected chi connectivity index (χ4v) is 3.52. The van der Waals surface area contributed by atoms with E-state index in [9.17, 15) is 13.6 Å². The number of nitrogens with one attached hydrogen (secondary N) is 1. The molecule has 160 valence electrons. The number of hydrogen-bond acceptors (Lipinski definition) is 5. The number of carbonyl (C=O) groups excluding carboxylic acids is 1. The second kappa shape index (κ2) is 8.65. The summed E-state index contributed by atoms with van der Waals surface area (Å²) < 4.78 is 38.1. The van der Waals surface area contributed by atoms with Crippen molar-refractivity contribution < 1.29 is 22.8 Å². The van der Waals surface area contributed by atoms with E-state index in [-0.39, 0.29) is 17.7 Å². The van der Waals surface area contributed by atoms with E-state index in [0.717, 1.165) is 0 Å². The van der Waals surface area contributed by atoms with Crippen LogP contribution in [0.25, 0.3) is 17.0 Å². The number of methoxy groups -OCH3 is 1. The zero-order valence-electron chi connectivity index (χ0n) is 16.9. The van der Waals surface area contributed by atoms with Gasteiger partial charge in [-0.3, -0.25) is 4.90 Å². The summed E-state index contributed by atoms with van der Waals surface area (Å²) in [4.78, 5) is 18.7. The van der Waals surface area contributed by atoms with Gasteiger partial charge in [-0.25, -0.2) is 13.6 Å².